The Morgan fingerprint density at radius 2 is 2.10 bits per heavy atom. The predicted octanol–water partition coefficient (Wildman–Crippen LogP) is 1.12. The predicted molar refractivity (Wildman–Crippen MR) is 80.3 cm³/mol. The van der Waals surface area contributed by atoms with Crippen molar-refractivity contribution in [1.82, 2.24) is 20.0 Å². The summed E-state index contributed by atoms with van der Waals surface area (Å²) in [5.41, 5.74) is 1.06. The number of amides is 2. The van der Waals surface area contributed by atoms with Crippen LogP contribution < -0.4 is 5.32 Å². The summed E-state index contributed by atoms with van der Waals surface area (Å²) in [5, 5.41) is 7.09. The maximum Gasteiger partial charge on any atom is 0.246 e. The number of nitrogens with one attached hydrogen (secondary N) is 1. The second kappa shape index (κ2) is 4.83. The highest BCUT2D eigenvalue weighted by Gasteiger charge is 2.55. The van der Waals surface area contributed by atoms with Gasteiger partial charge in [0.2, 0.25) is 11.8 Å². The van der Waals surface area contributed by atoms with Gasteiger partial charge in [-0.15, -0.1) is 0 Å². The zero-order valence-electron chi connectivity index (χ0n) is 12.4. The average molecular weight is 355 g/mol. The first-order valence-electron chi connectivity index (χ1n) is 7.12. The number of carbonyl (C=O) groups excluding carboxylic acids is 2. The molecule has 3 rings (SSSR count). The molecule has 2 heterocycles. The topological polar surface area (TPSA) is 67.2 Å². The Hall–Kier alpha value is -1.37. The fourth-order valence-electron chi connectivity index (χ4n) is 3.12. The number of halogens is 1. The van der Waals surface area contributed by atoms with Gasteiger partial charge >= 0.3 is 0 Å². The van der Waals surface area contributed by atoms with Crippen molar-refractivity contribution >= 4 is 27.7 Å². The molecule has 0 aromatic carbocycles. The van der Waals surface area contributed by atoms with E-state index in [0.29, 0.717) is 6.54 Å². The molecule has 1 aliphatic heterocycles. The van der Waals surface area contributed by atoms with Gasteiger partial charge in [-0.3, -0.25) is 14.3 Å². The molecule has 1 saturated heterocycles. The molecule has 0 bridgehead atoms. The molecule has 0 spiro atoms. The van der Waals surface area contributed by atoms with Gasteiger partial charge in [0.05, 0.1) is 29.0 Å². The molecule has 1 aromatic heterocycles. The van der Waals surface area contributed by atoms with Crippen LogP contribution in [0.15, 0.2) is 4.47 Å². The lowest BCUT2D eigenvalue weighted by Crippen LogP contribution is -2.66. The van der Waals surface area contributed by atoms with E-state index < -0.39 is 5.54 Å². The molecule has 1 saturated carbocycles. The Labute approximate surface area is 132 Å². The summed E-state index contributed by atoms with van der Waals surface area (Å²) in [6.07, 6.45) is 2.00. The van der Waals surface area contributed by atoms with E-state index in [-0.39, 0.29) is 24.3 Å². The summed E-state index contributed by atoms with van der Waals surface area (Å²) in [5.74, 6) is 0.184. The van der Waals surface area contributed by atoms with Crippen LogP contribution in [0.5, 0.6) is 0 Å². The molecule has 0 radical (unpaired) electrons. The molecule has 1 aromatic rings. The van der Waals surface area contributed by atoms with Crippen molar-refractivity contribution in [3.8, 4) is 0 Å². The maximum absolute atomic E-state index is 12.4. The molecule has 114 valence electrons. The van der Waals surface area contributed by atoms with Crippen LogP contribution >= 0.6 is 15.9 Å². The third-order valence-electron chi connectivity index (χ3n) is 4.66. The van der Waals surface area contributed by atoms with Crippen LogP contribution in [0.3, 0.4) is 0 Å². The zero-order valence-corrected chi connectivity index (χ0v) is 14.0. The summed E-state index contributed by atoms with van der Waals surface area (Å²) in [4.78, 5) is 26.5. The summed E-state index contributed by atoms with van der Waals surface area (Å²) >= 11 is 3.53. The molecule has 21 heavy (non-hydrogen) atoms. The van der Waals surface area contributed by atoms with Crippen LogP contribution in [-0.4, -0.2) is 38.6 Å². The second-order valence-corrected chi connectivity index (χ2v) is 6.85. The van der Waals surface area contributed by atoms with Crippen LogP contribution in [0.4, 0.5) is 0 Å². The van der Waals surface area contributed by atoms with Gasteiger partial charge in [0.25, 0.3) is 0 Å². The minimum atomic E-state index is -0.743. The van der Waals surface area contributed by atoms with Crippen molar-refractivity contribution in [2.75, 3.05) is 6.54 Å². The zero-order chi connectivity index (χ0) is 15.4. The number of carbonyl (C=O) groups is 2. The van der Waals surface area contributed by atoms with Crippen molar-refractivity contribution < 1.29 is 9.59 Å². The molecule has 2 fully saturated rings. The summed E-state index contributed by atoms with van der Waals surface area (Å²) in [7, 11) is 1.86. The first kappa shape index (κ1) is 14.6. The average Bonchev–Trinajstić information content (AvgIpc) is 3.24. The molecule has 1 aliphatic carbocycles. The Balaban J connectivity index is 1.97. The van der Waals surface area contributed by atoms with E-state index in [2.05, 4.69) is 26.3 Å². The van der Waals surface area contributed by atoms with Crippen LogP contribution in [0, 0.1) is 12.8 Å². The Kier molecular flexibility index (Phi) is 3.35. The third-order valence-corrected chi connectivity index (χ3v) is 5.69. The number of aryl methyl sites for hydroxylation is 2. The lowest BCUT2D eigenvalue weighted by atomic mass is 9.89. The van der Waals surface area contributed by atoms with Crippen molar-refractivity contribution in [3.05, 3.63) is 15.9 Å². The molecule has 6 nitrogen and oxygen atoms in total. The number of nitrogens with zero attached hydrogens (tertiary/aromatic N) is 3. The Morgan fingerprint density at radius 3 is 2.62 bits per heavy atom. The number of hydrogen-bond acceptors (Lipinski definition) is 3. The minimum absolute atomic E-state index is 0.0326. The molecule has 1 atom stereocenters. The highest BCUT2D eigenvalue weighted by Crippen LogP contribution is 2.45. The molecule has 7 heteroatoms. The van der Waals surface area contributed by atoms with Crippen LogP contribution in [0.1, 0.15) is 31.2 Å². The smallest absolute Gasteiger partial charge is 0.246 e. The normalized spacial score (nSPS) is 26.2. The monoisotopic (exact) mass is 354 g/mol. The number of aromatic nitrogens is 2. The van der Waals surface area contributed by atoms with E-state index in [0.717, 1.165) is 28.7 Å². The molecule has 2 aliphatic rings. The largest absolute Gasteiger partial charge is 0.345 e. The molecular formula is C14H19BrN4O2. The number of piperazine rings is 1. The summed E-state index contributed by atoms with van der Waals surface area (Å²) < 4.78 is 2.67. The van der Waals surface area contributed by atoms with Crippen molar-refractivity contribution in [2.45, 2.75) is 38.8 Å². The van der Waals surface area contributed by atoms with Gasteiger partial charge in [-0.2, -0.15) is 5.10 Å². The molecular weight excluding hydrogens is 336 g/mol. The van der Waals surface area contributed by atoms with E-state index in [1.165, 1.54) is 0 Å². The van der Waals surface area contributed by atoms with Crippen molar-refractivity contribution in [3.63, 3.8) is 0 Å². The van der Waals surface area contributed by atoms with Gasteiger partial charge in [-0.25, -0.2) is 0 Å². The van der Waals surface area contributed by atoms with E-state index in [9.17, 15) is 9.59 Å². The van der Waals surface area contributed by atoms with Crippen LogP contribution in [0.25, 0.3) is 0 Å². The quantitative estimate of drug-likeness (QED) is 0.884. The van der Waals surface area contributed by atoms with E-state index in [1.807, 2.05) is 20.9 Å². The molecule has 2 amide bonds. The van der Waals surface area contributed by atoms with Crippen molar-refractivity contribution in [1.29, 1.82) is 0 Å². The van der Waals surface area contributed by atoms with Gasteiger partial charge < -0.3 is 10.2 Å². The lowest BCUT2D eigenvalue weighted by molar-refractivity contribution is -0.155. The second-order valence-electron chi connectivity index (χ2n) is 6.05. The lowest BCUT2D eigenvalue weighted by Gasteiger charge is -2.43. The minimum Gasteiger partial charge on any atom is -0.345 e. The first-order valence-corrected chi connectivity index (χ1v) is 7.91. The van der Waals surface area contributed by atoms with Crippen molar-refractivity contribution in [2.24, 2.45) is 13.0 Å². The molecule has 1 unspecified atom stereocenters. The third kappa shape index (κ3) is 2.18. The SMILES string of the molecule is Cc1nn(C)c(CN2C(=O)CNC(=O)C2(C)C2CC2)c1Br. The van der Waals surface area contributed by atoms with Gasteiger partial charge in [-0.05, 0) is 48.5 Å². The van der Waals surface area contributed by atoms with Crippen LogP contribution in [-0.2, 0) is 23.2 Å². The standard InChI is InChI=1S/C14H19BrN4O2/c1-8-12(15)10(18(3)17-8)7-19-11(20)6-16-13(21)14(19,2)9-4-5-9/h9H,4-7H2,1-3H3,(H,16,21). The maximum atomic E-state index is 12.4. The van der Waals surface area contributed by atoms with Gasteiger partial charge in [0.15, 0.2) is 0 Å². The van der Waals surface area contributed by atoms with Gasteiger partial charge in [0.1, 0.15) is 5.54 Å². The molecule has 1 N–H and O–H groups in total. The van der Waals surface area contributed by atoms with Gasteiger partial charge in [-0.1, -0.05) is 0 Å². The number of hydrogen-bond donors (Lipinski definition) is 1. The summed E-state index contributed by atoms with van der Waals surface area (Å²) in [6.45, 7) is 4.28. The fraction of sp³-hybridized carbons (Fsp3) is 0.643. The van der Waals surface area contributed by atoms with E-state index in [4.69, 9.17) is 0 Å². The highest BCUT2D eigenvalue weighted by molar-refractivity contribution is 9.10. The first-order chi connectivity index (χ1) is 9.85. The Morgan fingerprint density at radius 1 is 1.43 bits per heavy atom. The van der Waals surface area contributed by atoms with E-state index >= 15 is 0 Å². The number of rotatable bonds is 3. The highest BCUT2D eigenvalue weighted by atomic mass is 79.9. The van der Waals surface area contributed by atoms with E-state index in [1.54, 1.807) is 9.58 Å². The van der Waals surface area contributed by atoms with Crippen LogP contribution in [0.2, 0.25) is 0 Å². The van der Waals surface area contributed by atoms with Gasteiger partial charge in [0, 0.05) is 7.05 Å². The Bertz CT molecular complexity index is 623. The fourth-order valence-corrected chi connectivity index (χ4v) is 3.58. The summed E-state index contributed by atoms with van der Waals surface area (Å²) in [6, 6.07) is 0.